The number of rotatable bonds is 5. The molecule has 1 fully saturated rings. The first-order valence-electron chi connectivity index (χ1n) is 7.05. The Morgan fingerprint density at radius 3 is 2.81 bits per heavy atom. The molecule has 1 aromatic heterocycles. The zero-order valence-corrected chi connectivity index (χ0v) is 13.4. The summed E-state index contributed by atoms with van der Waals surface area (Å²) in [5.41, 5.74) is 5.95. The van der Waals surface area contributed by atoms with Crippen LogP contribution in [0.5, 0.6) is 0 Å². The lowest BCUT2D eigenvalue weighted by Crippen LogP contribution is -2.37. The molecule has 2 heterocycles. The van der Waals surface area contributed by atoms with Crippen LogP contribution in [-0.4, -0.2) is 54.7 Å². The van der Waals surface area contributed by atoms with Crippen LogP contribution in [0.3, 0.4) is 0 Å². The first kappa shape index (κ1) is 15.8. The molecule has 0 unspecified atom stereocenters. The molecule has 21 heavy (non-hydrogen) atoms. The molecule has 0 saturated carbocycles. The number of anilines is 2. The van der Waals surface area contributed by atoms with Gasteiger partial charge in [-0.15, -0.1) is 6.58 Å². The molecule has 2 rings (SSSR count). The van der Waals surface area contributed by atoms with E-state index in [4.69, 9.17) is 10.5 Å². The predicted molar refractivity (Wildman–Crippen MR) is 85.9 cm³/mol. The third kappa shape index (κ3) is 3.54. The number of hydrogen-bond donors (Lipinski definition) is 1. The molecule has 6 nitrogen and oxygen atoms in total. The number of morpholine rings is 1. The summed E-state index contributed by atoms with van der Waals surface area (Å²) >= 11 is 1.35. The lowest BCUT2D eigenvalue weighted by Gasteiger charge is -2.26. The number of carbonyl (C=O) groups is 1. The molecule has 1 amide bonds. The lowest BCUT2D eigenvalue weighted by molar-refractivity contribution is 0.0734. The normalized spacial score (nSPS) is 15.3. The minimum absolute atomic E-state index is 0.0839. The van der Waals surface area contributed by atoms with Crippen LogP contribution in [-0.2, 0) is 4.74 Å². The molecule has 0 radical (unpaired) electrons. The maximum atomic E-state index is 12.6. The van der Waals surface area contributed by atoms with Gasteiger partial charge in [-0.1, -0.05) is 17.4 Å². The van der Waals surface area contributed by atoms with E-state index in [9.17, 15) is 4.79 Å². The minimum Gasteiger partial charge on any atom is -0.382 e. The summed E-state index contributed by atoms with van der Waals surface area (Å²) in [5.74, 6) is 0.223. The fourth-order valence-corrected chi connectivity index (χ4v) is 3.15. The maximum Gasteiger partial charge on any atom is 0.268 e. The molecule has 1 aliphatic heterocycles. The van der Waals surface area contributed by atoms with Crippen LogP contribution in [0.15, 0.2) is 12.7 Å². The van der Waals surface area contributed by atoms with Crippen LogP contribution in [0.1, 0.15) is 23.5 Å². The van der Waals surface area contributed by atoms with Gasteiger partial charge in [-0.2, -0.15) is 0 Å². The van der Waals surface area contributed by atoms with Crippen LogP contribution in [0.2, 0.25) is 0 Å². The smallest absolute Gasteiger partial charge is 0.268 e. The van der Waals surface area contributed by atoms with Crippen molar-refractivity contribution in [3.05, 3.63) is 17.5 Å². The van der Waals surface area contributed by atoms with Gasteiger partial charge in [-0.25, -0.2) is 4.98 Å². The van der Waals surface area contributed by atoms with Crippen LogP contribution < -0.4 is 10.6 Å². The summed E-state index contributed by atoms with van der Waals surface area (Å²) in [7, 11) is 0. The van der Waals surface area contributed by atoms with Gasteiger partial charge in [0.2, 0.25) is 0 Å². The second-order valence-electron chi connectivity index (χ2n) is 5.15. The number of amides is 1. The molecule has 0 aliphatic carbocycles. The quantitative estimate of drug-likeness (QED) is 0.836. The molecular weight excluding hydrogens is 288 g/mol. The topological polar surface area (TPSA) is 71.7 Å². The molecule has 2 N–H and O–H groups in total. The van der Waals surface area contributed by atoms with E-state index in [1.807, 2.05) is 13.8 Å². The molecule has 7 heteroatoms. The Hall–Kier alpha value is -1.60. The fraction of sp³-hybridized carbons (Fsp3) is 0.571. The average Bonchev–Trinajstić information content (AvgIpc) is 2.87. The highest BCUT2D eigenvalue weighted by atomic mass is 32.1. The summed E-state index contributed by atoms with van der Waals surface area (Å²) in [5, 5.41) is 0.793. The van der Waals surface area contributed by atoms with E-state index in [2.05, 4.69) is 16.5 Å². The highest BCUT2D eigenvalue weighted by molar-refractivity contribution is 7.18. The molecule has 0 aromatic carbocycles. The van der Waals surface area contributed by atoms with E-state index < -0.39 is 0 Å². The molecule has 0 bridgehead atoms. The average molecular weight is 310 g/mol. The van der Waals surface area contributed by atoms with Gasteiger partial charge in [0.15, 0.2) is 5.13 Å². The Bertz CT molecular complexity index is 509. The summed E-state index contributed by atoms with van der Waals surface area (Å²) < 4.78 is 5.33. The number of ether oxygens (including phenoxy) is 1. The predicted octanol–water partition coefficient (Wildman–Crippen LogP) is 1.60. The third-order valence-electron chi connectivity index (χ3n) is 3.33. The van der Waals surface area contributed by atoms with Crippen molar-refractivity contribution in [2.75, 3.05) is 43.5 Å². The van der Waals surface area contributed by atoms with Gasteiger partial charge in [0, 0.05) is 25.7 Å². The Morgan fingerprint density at radius 1 is 1.57 bits per heavy atom. The summed E-state index contributed by atoms with van der Waals surface area (Å²) in [6.45, 7) is 11.1. The van der Waals surface area contributed by atoms with Gasteiger partial charge >= 0.3 is 0 Å². The number of hydrogen-bond acceptors (Lipinski definition) is 6. The van der Waals surface area contributed by atoms with E-state index in [0.29, 0.717) is 30.5 Å². The zero-order valence-electron chi connectivity index (χ0n) is 12.5. The standard InChI is InChI=1S/C14H22N4O2S/c1-4-5-18(10(2)3)13(19)11-12(15)16-14(21-11)17-6-8-20-9-7-17/h4,10H,1,5-9,15H2,2-3H3. The number of nitrogens with zero attached hydrogens (tertiary/aromatic N) is 3. The summed E-state index contributed by atoms with van der Waals surface area (Å²) in [4.78, 5) is 21.3. The number of carbonyl (C=O) groups excluding carboxylic acids is 1. The SMILES string of the molecule is C=CCN(C(=O)c1sc(N2CCOCC2)nc1N)C(C)C. The van der Waals surface area contributed by atoms with E-state index >= 15 is 0 Å². The molecule has 1 aliphatic rings. The molecule has 116 valence electrons. The molecule has 1 aromatic rings. The van der Waals surface area contributed by atoms with E-state index in [0.717, 1.165) is 18.2 Å². The summed E-state index contributed by atoms with van der Waals surface area (Å²) in [6.07, 6.45) is 1.72. The largest absolute Gasteiger partial charge is 0.382 e. The molecule has 0 atom stereocenters. The Kier molecular flexibility index (Phi) is 5.19. The van der Waals surface area contributed by atoms with Crippen molar-refractivity contribution in [3.8, 4) is 0 Å². The van der Waals surface area contributed by atoms with Gasteiger partial charge in [0.1, 0.15) is 10.7 Å². The lowest BCUT2D eigenvalue weighted by atomic mass is 10.3. The Labute approximate surface area is 129 Å². The minimum atomic E-state index is -0.0839. The van der Waals surface area contributed by atoms with Crippen molar-refractivity contribution in [1.82, 2.24) is 9.88 Å². The van der Waals surface area contributed by atoms with Crippen LogP contribution >= 0.6 is 11.3 Å². The second kappa shape index (κ2) is 6.91. The van der Waals surface area contributed by atoms with E-state index in [1.54, 1.807) is 11.0 Å². The first-order chi connectivity index (χ1) is 10.0. The highest BCUT2D eigenvalue weighted by Gasteiger charge is 2.25. The van der Waals surface area contributed by atoms with Crippen molar-refractivity contribution in [2.45, 2.75) is 19.9 Å². The monoisotopic (exact) mass is 310 g/mol. The fourth-order valence-electron chi connectivity index (χ4n) is 2.16. The van der Waals surface area contributed by atoms with Crippen molar-refractivity contribution in [2.24, 2.45) is 0 Å². The number of thiazole rings is 1. The molecule has 1 saturated heterocycles. The van der Waals surface area contributed by atoms with Crippen LogP contribution in [0, 0.1) is 0 Å². The summed E-state index contributed by atoms with van der Waals surface area (Å²) in [6, 6.07) is 0.0869. The maximum absolute atomic E-state index is 12.6. The highest BCUT2D eigenvalue weighted by Crippen LogP contribution is 2.30. The van der Waals surface area contributed by atoms with Crippen LogP contribution in [0.25, 0.3) is 0 Å². The van der Waals surface area contributed by atoms with Gasteiger partial charge in [0.25, 0.3) is 5.91 Å². The van der Waals surface area contributed by atoms with Crippen molar-refractivity contribution in [1.29, 1.82) is 0 Å². The van der Waals surface area contributed by atoms with Crippen molar-refractivity contribution < 1.29 is 9.53 Å². The molecular formula is C14H22N4O2S. The van der Waals surface area contributed by atoms with E-state index in [-0.39, 0.29) is 11.9 Å². The third-order valence-corrected chi connectivity index (χ3v) is 4.45. The number of nitrogen functional groups attached to an aromatic ring is 1. The Balaban J connectivity index is 2.20. The Morgan fingerprint density at radius 2 is 2.24 bits per heavy atom. The van der Waals surface area contributed by atoms with Crippen molar-refractivity contribution >= 4 is 28.2 Å². The van der Waals surface area contributed by atoms with E-state index in [1.165, 1.54) is 11.3 Å². The van der Waals surface area contributed by atoms with Crippen molar-refractivity contribution in [3.63, 3.8) is 0 Å². The van der Waals surface area contributed by atoms with Gasteiger partial charge in [-0.05, 0) is 13.8 Å². The van der Waals surface area contributed by atoms with Gasteiger partial charge in [0.05, 0.1) is 13.2 Å². The van der Waals surface area contributed by atoms with Gasteiger partial charge < -0.3 is 20.3 Å². The zero-order chi connectivity index (χ0) is 15.4. The van der Waals surface area contributed by atoms with Crippen LogP contribution in [0.4, 0.5) is 10.9 Å². The second-order valence-corrected chi connectivity index (χ2v) is 6.13. The number of nitrogens with two attached hydrogens (primary N) is 1. The first-order valence-corrected chi connectivity index (χ1v) is 7.87. The van der Waals surface area contributed by atoms with Gasteiger partial charge in [-0.3, -0.25) is 4.79 Å². The number of aromatic nitrogens is 1. The molecule has 0 spiro atoms.